The molecule has 0 bridgehead atoms. The van der Waals surface area contributed by atoms with E-state index in [1.165, 1.54) is 12.1 Å². The van der Waals surface area contributed by atoms with Gasteiger partial charge < -0.3 is 10.2 Å². The van der Waals surface area contributed by atoms with E-state index < -0.39 is 10.0 Å². The molecule has 6 nitrogen and oxygen atoms in total. The van der Waals surface area contributed by atoms with Crippen LogP contribution in [0.15, 0.2) is 57.9 Å². The number of amides is 1. The SMILES string of the molecule is CCN(CC)CCNC(=O)c1ccc(NS(=O)(=O)c2ccc(Br)cc2)cc1. The molecule has 0 aliphatic carbocycles. The Balaban J connectivity index is 1.96. The van der Waals surface area contributed by atoms with Crippen LogP contribution in [0, 0.1) is 0 Å². The number of benzene rings is 2. The van der Waals surface area contributed by atoms with E-state index >= 15 is 0 Å². The third-order valence-electron chi connectivity index (χ3n) is 4.13. The number of nitrogens with one attached hydrogen (secondary N) is 2. The Morgan fingerprint density at radius 3 is 2.15 bits per heavy atom. The second-order valence-electron chi connectivity index (χ2n) is 5.92. The maximum absolute atomic E-state index is 12.4. The van der Waals surface area contributed by atoms with E-state index in [0.29, 0.717) is 17.8 Å². The Morgan fingerprint density at radius 2 is 1.59 bits per heavy atom. The van der Waals surface area contributed by atoms with E-state index in [1.807, 2.05) is 0 Å². The van der Waals surface area contributed by atoms with Gasteiger partial charge in [-0.1, -0.05) is 29.8 Å². The van der Waals surface area contributed by atoms with Crippen LogP contribution in [0.5, 0.6) is 0 Å². The first-order valence-corrected chi connectivity index (χ1v) is 11.0. The number of nitrogens with zero attached hydrogens (tertiary/aromatic N) is 1. The summed E-state index contributed by atoms with van der Waals surface area (Å²) in [4.78, 5) is 14.6. The lowest BCUT2D eigenvalue weighted by Gasteiger charge is -2.18. The Bertz CT molecular complexity index is 849. The monoisotopic (exact) mass is 453 g/mol. The average molecular weight is 454 g/mol. The predicted octanol–water partition coefficient (Wildman–Crippen LogP) is 3.32. The molecule has 1 amide bonds. The van der Waals surface area contributed by atoms with Crippen LogP contribution in [0.25, 0.3) is 0 Å². The summed E-state index contributed by atoms with van der Waals surface area (Å²) in [6.07, 6.45) is 0. The quantitative estimate of drug-likeness (QED) is 0.610. The van der Waals surface area contributed by atoms with Crippen molar-refractivity contribution < 1.29 is 13.2 Å². The summed E-state index contributed by atoms with van der Waals surface area (Å²) in [7, 11) is -3.67. The maximum atomic E-state index is 12.4. The lowest BCUT2D eigenvalue weighted by molar-refractivity contribution is 0.0949. The molecular weight excluding hydrogens is 430 g/mol. The van der Waals surface area contributed by atoms with Crippen molar-refractivity contribution in [1.82, 2.24) is 10.2 Å². The number of anilines is 1. The van der Waals surface area contributed by atoms with Crippen molar-refractivity contribution in [2.45, 2.75) is 18.7 Å². The van der Waals surface area contributed by atoms with Gasteiger partial charge in [-0.15, -0.1) is 0 Å². The molecule has 0 fully saturated rings. The fourth-order valence-corrected chi connectivity index (χ4v) is 3.81. The molecule has 0 heterocycles. The highest BCUT2D eigenvalue weighted by molar-refractivity contribution is 9.10. The van der Waals surface area contributed by atoms with Crippen molar-refractivity contribution >= 4 is 37.5 Å². The molecule has 0 unspecified atom stereocenters. The van der Waals surface area contributed by atoms with Gasteiger partial charge in [0, 0.05) is 28.8 Å². The van der Waals surface area contributed by atoms with Crippen LogP contribution in [-0.2, 0) is 10.0 Å². The molecule has 0 atom stereocenters. The van der Waals surface area contributed by atoms with Crippen molar-refractivity contribution in [1.29, 1.82) is 0 Å². The van der Waals surface area contributed by atoms with Gasteiger partial charge in [0.05, 0.1) is 4.90 Å². The van der Waals surface area contributed by atoms with Gasteiger partial charge in [0.15, 0.2) is 0 Å². The van der Waals surface area contributed by atoms with E-state index in [4.69, 9.17) is 0 Å². The standard InChI is InChI=1S/C19H24BrN3O3S/c1-3-23(4-2)14-13-21-19(24)15-5-9-17(10-6-15)22-27(25,26)18-11-7-16(20)8-12-18/h5-12,22H,3-4,13-14H2,1-2H3,(H,21,24). The smallest absolute Gasteiger partial charge is 0.261 e. The lowest BCUT2D eigenvalue weighted by Crippen LogP contribution is -2.34. The van der Waals surface area contributed by atoms with E-state index in [2.05, 4.69) is 44.7 Å². The van der Waals surface area contributed by atoms with Gasteiger partial charge in [0.1, 0.15) is 0 Å². The van der Waals surface area contributed by atoms with Crippen LogP contribution < -0.4 is 10.0 Å². The molecule has 2 rings (SSSR count). The molecule has 27 heavy (non-hydrogen) atoms. The first-order valence-electron chi connectivity index (χ1n) is 8.74. The fourth-order valence-electron chi connectivity index (χ4n) is 2.49. The number of halogens is 1. The lowest BCUT2D eigenvalue weighted by atomic mass is 10.2. The summed E-state index contributed by atoms with van der Waals surface area (Å²) in [6, 6.07) is 12.7. The minimum atomic E-state index is -3.67. The van der Waals surface area contributed by atoms with E-state index in [1.54, 1.807) is 36.4 Å². The van der Waals surface area contributed by atoms with Crippen LogP contribution in [0.1, 0.15) is 24.2 Å². The molecule has 2 aromatic rings. The summed E-state index contributed by atoms with van der Waals surface area (Å²) in [6.45, 7) is 7.42. The number of hydrogen-bond donors (Lipinski definition) is 2. The van der Waals surface area contributed by atoms with Crippen molar-refractivity contribution in [3.8, 4) is 0 Å². The zero-order valence-corrected chi connectivity index (χ0v) is 17.8. The summed E-state index contributed by atoms with van der Waals surface area (Å²) in [5.41, 5.74) is 0.888. The number of hydrogen-bond acceptors (Lipinski definition) is 4. The van der Waals surface area contributed by atoms with E-state index in [9.17, 15) is 13.2 Å². The van der Waals surface area contributed by atoms with Gasteiger partial charge >= 0.3 is 0 Å². The molecule has 146 valence electrons. The molecular formula is C19H24BrN3O3S. The average Bonchev–Trinajstić information content (AvgIpc) is 2.66. The maximum Gasteiger partial charge on any atom is 0.261 e. The molecule has 0 saturated heterocycles. The molecule has 0 aromatic heterocycles. The molecule has 0 aliphatic rings. The number of likely N-dealkylation sites (N-methyl/N-ethyl adjacent to an activating group) is 1. The van der Waals surface area contributed by atoms with E-state index in [-0.39, 0.29) is 10.8 Å². The van der Waals surface area contributed by atoms with Gasteiger partial charge in [-0.2, -0.15) is 0 Å². The van der Waals surface area contributed by atoms with Crippen LogP contribution in [0.4, 0.5) is 5.69 Å². The summed E-state index contributed by atoms with van der Waals surface area (Å²) in [5, 5.41) is 2.87. The van der Waals surface area contributed by atoms with Crippen molar-refractivity contribution in [3.05, 3.63) is 58.6 Å². The highest BCUT2D eigenvalue weighted by Gasteiger charge is 2.14. The van der Waals surface area contributed by atoms with Crippen LogP contribution >= 0.6 is 15.9 Å². The molecule has 8 heteroatoms. The minimum Gasteiger partial charge on any atom is -0.351 e. The molecule has 0 saturated carbocycles. The zero-order valence-electron chi connectivity index (χ0n) is 15.4. The van der Waals surface area contributed by atoms with Crippen molar-refractivity contribution in [2.75, 3.05) is 30.9 Å². The fraction of sp³-hybridized carbons (Fsp3) is 0.316. The molecule has 0 spiro atoms. The second kappa shape index (κ2) is 9.87. The Kier molecular flexibility index (Phi) is 7.82. The first kappa shape index (κ1) is 21.4. The van der Waals surface area contributed by atoms with Gasteiger partial charge in [0.25, 0.3) is 15.9 Å². The number of carbonyl (C=O) groups excluding carboxylic acids is 1. The topological polar surface area (TPSA) is 78.5 Å². The summed E-state index contributed by atoms with van der Waals surface area (Å²) in [5.74, 6) is -0.176. The van der Waals surface area contributed by atoms with Crippen LogP contribution in [0.3, 0.4) is 0 Å². The Hall–Kier alpha value is -1.90. The normalized spacial score (nSPS) is 11.4. The Labute approximate surface area is 169 Å². The highest BCUT2D eigenvalue weighted by Crippen LogP contribution is 2.19. The van der Waals surface area contributed by atoms with Gasteiger partial charge in [0.2, 0.25) is 0 Å². The van der Waals surface area contributed by atoms with Crippen molar-refractivity contribution in [3.63, 3.8) is 0 Å². The van der Waals surface area contributed by atoms with Gasteiger partial charge in [-0.3, -0.25) is 9.52 Å². The summed E-state index contributed by atoms with van der Waals surface area (Å²) >= 11 is 3.28. The van der Waals surface area contributed by atoms with Gasteiger partial charge in [-0.25, -0.2) is 8.42 Å². The van der Waals surface area contributed by atoms with E-state index in [0.717, 1.165) is 24.1 Å². The number of sulfonamides is 1. The first-order chi connectivity index (χ1) is 12.9. The van der Waals surface area contributed by atoms with Crippen LogP contribution in [0.2, 0.25) is 0 Å². The number of rotatable bonds is 9. The summed E-state index contributed by atoms with van der Waals surface area (Å²) < 4.78 is 28.1. The zero-order chi connectivity index (χ0) is 19.9. The second-order valence-corrected chi connectivity index (χ2v) is 8.52. The van der Waals surface area contributed by atoms with Crippen molar-refractivity contribution in [2.24, 2.45) is 0 Å². The molecule has 2 aromatic carbocycles. The molecule has 0 radical (unpaired) electrons. The molecule has 2 N–H and O–H groups in total. The third-order valence-corrected chi connectivity index (χ3v) is 6.06. The predicted molar refractivity (Wildman–Crippen MR) is 112 cm³/mol. The van der Waals surface area contributed by atoms with Crippen LogP contribution in [-0.4, -0.2) is 45.4 Å². The third kappa shape index (κ3) is 6.34. The largest absolute Gasteiger partial charge is 0.351 e. The number of carbonyl (C=O) groups is 1. The molecule has 0 aliphatic heterocycles. The highest BCUT2D eigenvalue weighted by atomic mass is 79.9. The minimum absolute atomic E-state index is 0.170. The van der Waals surface area contributed by atoms with Gasteiger partial charge in [-0.05, 0) is 61.6 Å². The Morgan fingerprint density at radius 1 is 1.00 bits per heavy atom.